The highest BCUT2D eigenvalue weighted by Gasteiger charge is 2.29. The van der Waals surface area contributed by atoms with Gasteiger partial charge in [-0.3, -0.25) is 9.59 Å². The zero-order chi connectivity index (χ0) is 17.7. The Morgan fingerprint density at radius 2 is 1.84 bits per heavy atom. The van der Waals surface area contributed by atoms with Crippen molar-refractivity contribution in [2.75, 3.05) is 13.1 Å². The Bertz CT molecular complexity index is 575. The Morgan fingerprint density at radius 3 is 2.40 bits per heavy atom. The number of hydrogen-bond donors (Lipinski definition) is 3. The summed E-state index contributed by atoms with van der Waals surface area (Å²) in [5.41, 5.74) is 1.68. The lowest BCUT2D eigenvalue weighted by Gasteiger charge is -2.32. The monoisotopic (exact) mass is 367 g/mol. The predicted octanol–water partition coefficient (Wildman–Crippen LogP) is 2.29. The number of piperidine rings is 1. The molecule has 25 heavy (non-hydrogen) atoms. The quantitative estimate of drug-likeness (QED) is 0.747. The van der Waals surface area contributed by atoms with E-state index in [1.165, 1.54) is 0 Å². The Kier molecular flexibility index (Phi) is 8.39. The highest BCUT2D eigenvalue weighted by Crippen LogP contribution is 2.13. The van der Waals surface area contributed by atoms with E-state index in [0.29, 0.717) is 11.5 Å². The Balaban J connectivity index is 0.00000312. The van der Waals surface area contributed by atoms with Gasteiger partial charge in [-0.15, -0.1) is 12.4 Å². The zero-order valence-electron chi connectivity index (χ0n) is 15.5. The van der Waals surface area contributed by atoms with Crippen LogP contribution in [0.4, 0.5) is 0 Å². The maximum absolute atomic E-state index is 12.7. The van der Waals surface area contributed by atoms with Crippen molar-refractivity contribution in [1.29, 1.82) is 0 Å². The maximum Gasteiger partial charge on any atom is 0.251 e. The molecule has 140 valence electrons. The van der Waals surface area contributed by atoms with E-state index in [2.05, 4.69) is 22.9 Å². The van der Waals surface area contributed by atoms with Crippen molar-refractivity contribution in [3.63, 3.8) is 0 Å². The van der Waals surface area contributed by atoms with Crippen LogP contribution in [0.5, 0.6) is 0 Å². The number of carbonyl (C=O) groups is 2. The number of halogens is 1. The van der Waals surface area contributed by atoms with Crippen LogP contribution in [0.3, 0.4) is 0 Å². The minimum Gasteiger partial charge on any atom is -0.350 e. The first-order valence-electron chi connectivity index (χ1n) is 8.77. The molecule has 1 aromatic carbocycles. The molecule has 0 saturated carbocycles. The van der Waals surface area contributed by atoms with Gasteiger partial charge < -0.3 is 16.0 Å². The lowest BCUT2D eigenvalue weighted by atomic mass is 9.93. The van der Waals surface area contributed by atoms with Gasteiger partial charge in [0.15, 0.2) is 0 Å². The molecule has 1 saturated heterocycles. The van der Waals surface area contributed by atoms with E-state index in [0.717, 1.165) is 25.1 Å². The van der Waals surface area contributed by atoms with Gasteiger partial charge in [0.2, 0.25) is 5.91 Å². The van der Waals surface area contributed by atoms with Gasteiger partial charge in [-0.05, 0) is 43.9 Å². The first-order valence-corrected chi connectivity index (χ1v) is 8.77. The minimum atomic E-state index is -0.534. The highest BCUT2D eigenvalue weighted by atomic mass is 35.5. The van der Waals surface area contributed by atoms with Crippen LogP contribution in [0.2, 0.25) is 0 Å². The average Bonchev–Trinajstić information content (AvgIpc) is 2.54. The normalized spacial score (nSPS) is 21.2. The molecule has 2 amide bonds. The van der Waals surface area contributed by atoms with Crippen molar-refractivity contribution >= 4 is 24.2 Å². The van der Waals surface area contributed by atoms with Gasteiger partial charge in [-0.1, -0.05) is 38.5 Å². The molecular formula is C19H30ClN3O2. The molecule has 6 heteroatoms. The van der Waals surface area contributed by atoms with Crippen molar-refractivity contribution in [3.05, 3.63) is 35.4 Å². The molecule has 1 fully saturated rings. The smallest absolute Gasteiger partial charge is 0.251 e. The Labute approximate surface area is 156 Å². The van der Waals surface area contributed by atoms with Crippen LogP contribution >= 0.6 is 12.4 Å². The molecule has 0 aromatic heterocycles. The highest BCUT2D eigenvalue weighted by molar-refractivity contribution is 5.97. The van der Waals surface area contributed by atoms with E-state index in [-0.39, 0.29) is 36.2 Å². The summed E-state index contributed by atoms with van der Waals surface area (Å²) in [5, 5.41) is 9.29. The summed E-state index contributed by atoms with van der Waals surface area (Å²) in [7, 11) is 0. The molecule has 2 rings (SSSR count). The summed E-state index contributed by atoms with van der Waals surface area (Å²) in [6.07, 6.45) is 1.05. The Morgan fingerprint density at radius 1 is 1.20 bits per heavy atom. The summed E-state index contributed by atoms with van der Waals surface area (Å²) in [5.74, 6) is 0.145. The fourth-order valence-corrected chi connectivity index (χ4v) is 2.92. The van der Waals surface area contributed by atoms with E-state index in [9.17, 15) is 9.59 Å². The fraction of sp³-hybridized carbons (Fsp3) is 0.579. The summed E-state index contributed by atoms with van der Waals surface area (Å²) in [6, 6.07) is 6.95. The van der Waals surface area contributed by atoms with Crippen LogP contribution < -0.4 is 16.0 Å². The summed E-state index contributed by atoms with van der Waals surface area (Å²) < 4.78 is 0. The number of hydrogen-bond acceptors (Lipinski definition) is 3. The number of nitrogens with one attached hydrogen (secondary N) is 3. The molecule has 0 bridgehead atoms. The SMILES string of the molecule is Cc1ccc(C(=O)NC(C(=O)NC2CNCCC2C)C(C)C)cc1.Cl. The fourth-order valence-electron chi connectivity index (χ4n) is 2.92. The summed E-state index contributed by atoms with van der Waals surface area (Å²) in [6.45, 7) is 9.80. The van der Waals surface area contributed by atoms with Crippen molar-refractivity contribution in [2.24, 2.45) is 11.8 Å². The van der Waals surface area contributed by atoms with Crippen LogP contribution in [-0.4, -0.2) is 37.0 Å². The molecule has 3 atom stereocenters. The van der Waals surface area contributed by atoms with Gasteiger partial charge >= 0.3 is 0 Å². The number of benzene rings is 1. The number of carbonyl (C=O) groups excluding carboxylic acids is 2. The molecule has 3 unspecified atom stereocenters. The van der Waals surface area contributed by atoms with Crippen LogP contribution in [-0.2, 0) is 4.79 Å². The molecular weight excluding hydrogens is 338 g/mol. The van der Waals surface area contributed by atoms with E-state index in [1.54, 1.807) is 12.1 Å². The molecule has 1 aliphatic heterocycles. The zero-order valence-corrected chi connectivity index (χ0v) is 16.3. The third-order valence-corrected chi connectivity index (χ3v) is 4.70. The van der Waals surface area contributed by atoms with Gasteiger partial charge in [0, 0.05) is 18.2 Å². The first-order chi connectivity index (χ1) is 11.4. The maximum atomic E-state index is 12.7. The number of rotatable bonds is 5. The third-order valence-electron chi connectivity index (χ3n) is 4.70. The molecule has 0 spiro atoms. The van der Waals surface area contributed by atoms with Gasteiger partial charge in [0.25, 0.3) is 5.91 Å². The molecule has 1 aromatic rings. The summed E-state index contributed by atoms with van der Waals surface area (Å²) in [4.78, 5) is 25.1. The number of amides is 2. The van der Waals surface area contributed by atoms with E-state index >= 15 is 0 Å². The van der Waals surface area contributed by atoms with Crippen molar-refractivity contribution in [1.82, 2.24) is 16.0 Å². The largest absolute Gasteiger partial charge is 0.350 e. The van der Waals surface area contributed by atoms with Crippen molar-refractivity contribution in [2.45, 2.75) is 46.2 Å². The van der Waals surface area contributed by atoms with Gasteiger partial charge in [-0.2, -0.15) is 0 Å². The predicted molar refractivity (Wildman–Crippen MR) is 103 cm³/mol. The molecule has 0 aliphatic carbocycles. The standard InChI is InChI=1S/C19H29N3O2.ClH/c1-12(2)17(19(24)21-16-11-20-10-9-14(16)4)22-18(23)15-7-5-13(3)6-8-15;/h5-8,12,14,16-17,20H,9-11H2,1-4H3,(H,21,24)(H,22,23);1H. The van der Waals surface area contributed by atoms with Gasteiger partial charge in [0.05, 0.1) is 0 Å². The second-order valence-corrected chi connectivity index (χ2v) is 7.15. The molecule has 0 radical (unpaired) electrons. The number of aryl methyl sites for hydroxylation is 1. The van der Waals surface area contributed by atoms with Gasteiger partial charge in [-0.25, -0.2) is 0 Å². The van der Waals surface area contributed by atoms with Crippen LogP contribution in [0, 0.1) is 18.8 Å². The van der Waals surface area contributed by atoms with Crippen LogP contribution in [0.15, 0.2) is 24.3 Å². The van der Waals surface area contributed by atoms with Crippen molar-refractivity contribution in [3.8, 4) is 0 Å². The first kappa shape index (κ1) is 21.5. The molecule has 3 N–H and O–H groups in total. The minimum absolute atomic E-state index is 0. The van der Waals surface area contributed by atoms with Gasteiger partial charge in [0.1, 0.15) is 6.04 Å². The van der Waals surface area contributed by atoms with E-state index in [4.69, 9.17) is 0 Å². The van der Waals surface area contributed by atoms with Crippen molar-refractivity contribution < 1.29 is 9.59 Å². The average molecular weight is 368 g/mol. The van der Waals surface area contributed by atoms with Crippen LogP contribution in [0.25, 0.3) is 0 Å². The summed E-state index contributed by atoms with van der Waals surface area (Å²) >= 11 is 0. The second-order valence-electron chi connectivity index (χ2n) is 7.15. The topological polar surface area (TPSA) is 70.2 Å². The molecule has 1 aliphatic rings. The van der Waals surface area contributed by atoms with Crippen LogP contribution in [0.1, 0.15) is 43.1 Å². The second kappa shape index (κ2) is 9.78. The van der Waals surface area contributed by atoms with E-state index < -0.39 is 6.04 Å². The molecule has 1 heterocycles. The lowest BCUT2D eigenvalue weighted by Crippen LogP contribution is -2.56. The van der Waals surface area contributed by atoms with E-state index in [1.807, 2.05) is 32.9 Å². The Hall–Kier alpha value is -1.59. The third kappa shape index (κ3) is 6.01. The lowest BCUT2D eigenvalue weighted by molar-refractivity contribution is -0.125. The molecule has 5 nitrogen and oxygen atoms in total.